The van der Waals surface area contributed by atoms with Crippen molar-refractivity contribution >= 4 is 11.8 Å². The Morgan fingerprint density at radius 1 is 1.26 bits per heavy atom. The highest BCUT2D eigenvalue weighted by Gasteiger charge is 2.23. The van der Waals surface area contributed by atoms with Gasteiger partial charge in [0.25, 0.3) is 5.91 Å². The molecular weight excluding hydrogens is 400 g/mol. The average molecular weight is 428 g/mol. The van der Waals surface area contributed by atoms with E-state index in [4.69, 9.17) is 5.73 Å². The summed E-state index contributed by atoms with van der Waals surface area (Å²) < 4.78 is 1.34. The molecular formula is C22H28N4O5. The number of nitrogens with one attached hydrogen (secondary N) is 1. The van der Waals surface area contributed by atoms with Crippen LogP contribution in [-0.2, 0) is 18.3 Å². The number of hydrogen-bond donors (Lipinski definition) is 4. The SMILES string of the molecule is C=CC(Cc1ccccc1O)C(=O)N(CCN)CCNC(=O)c1c(O)c(=O)ccn1C. The molecule has 2 amide bonds. The van der Waals surface area contributed by atoms with Gasteiger partial charge < -0.3 is 30.7 Å². The number of para-hydroxylation sites is 1. The lowest BCUT2D eigenvalue weighted by Gasteiger charge is -2.26. The topological polar surface area (TPSA) is 138 Å². The molecule has 0 aliphatic rings. The van der Waals surface area contributed by atoms with Crippen LogP contribution in [-0.4, -0.2) is 57.7 Å². The van der Waals surface area contributed by atoms with Gasteiger partial charge in [0.15, 0.2) is 11.4 Å². The Morgan fingerprint density at radius 3 is 2.61 bits per heavy atom. The molecule has 0 saturated heterocycles. The van der Waals surface area contributed by atoms with E-state index >= 15 is 0 Å². The molecule has 0 saturated carbocycles. The standard InChI is InChI=1S/C22H28N4O5/c1-3-15(14-16-6-4-5-7-17(16)27)22(31)26(12-9-23)13-10-24-21(30)19-20(29)18(28)8-11-25(19)2/h3-8,11,15,27,29H,1,9-10,12-14,23H2,2H3,(H,24,30). The van der Waals surface area contributed by atoms with Crippen LogP contribution in [0.4, 0.5) is 0 Å². The number of phenolic OH excluding ortho intramolecular Hbond substituents is 1. The number of aromatic hydroxyl groups is 2. The Morgan fingerprint density at radius 2 is 1.97 bits per heavy atom. The normalized spacial score (nSPS) is 11.5. The van der Waals surface area contributed by atoms with Gasteiger partial charge in [-0.15, -0.1) is 6.58 Å². The number of hydrogen-bond acceptors (Lipinski definition) is 6. The predicted molar refractivity (Wildman–Crippen MR) is 117 cm³/mol. The summed E-state index contributed by atoms with van der Waals surface area (Å²) in [5.74, 6) is -1.96. The molecule has 0 bridgehead atoms. The largest absolute Gasteiger partial charge is 0.508 e. The van der Waals surface area contributed by atoms with E-state index in [0.717, 1.165) is 6.07 Å². The molecule has 2 aromatic rings. The van der Waals surface area contributed by atoms with Crippen LogP contribution >= 0.6 is 0 Å². The highest BCUT2D eigenvalue weighted by Crippen LogP contribution is 2.21. The van der Waals surface area contributed by atoms with Crippen LogP contribution in [0.2, 0.25) is 0 Å². The molecule has 0 aliphatic carbocycles. The van der Waals surface area contributed by atoms with Gasteiger partial charge in [-0.05, 0) is 18.1 Å². The van der Waals surface area contributed by atoms with Crippen LogP contribution in [0.3, 0.4) is 0 Å². The van der Waals surface area contributed by atoms with Gasteiger partial charge in [0.05, 0.1) is 5.92 Å². The first-order valence-corrected chi connectivity index (χ1v) is 9.85. The zero-order valence-electron chi connectivity index (χ0n) is 17.5. The lowest BCUT2D eigenvalue weighted by Crippen LogP contribution is -2.44. The molecule has 0 aliphatic heterocycles. The van der Waals surface area contributed by atoms with Crippen LogP contribution in [0.5, 0.6) is 11.5 Å². The zero-order chi connectivity index (χ0) is 23.0. The molecule has 9 heteroatoms. The summed E-state index contributed by atoms with van der Waals surface area (Å²) in [6.07, 6.45) is 3.19. The molecule has 2 rings (SSSR count). The molecule has 31 heavy (non-hydrogen) atoms. The van der Waals surface area contributed by atoms with Gasteiger partial charge >= 0.3 is 0 Å². The minimum Gasteiger partial charge on any atom is -0.508 e. The van der Waals surface area contributed by atoms with Gasteiger partial charge in [-0.3, -0.25) is 14.4 Å². The number of phenols is 1. The summed E-state index contributed by atoms with van der Waals surface area (Å²) >= 11 is 0. The van der Waals surface area contributed by atoms with Gasteiger partial charge in [0.2, 0.25) is 11.3 Å². The average Bonchev–Trinajstić information content (AvgIpc) is 2.75. The lowest BCUT2D eigenvalue weighted by molar-refractivity contribution is -0.133. The number of carbonyl (C=O) groups is 2. The number of nitrogens with zero attached hydrogens (tertiary/aromatic N) is 2. The Labute approximate surface area is 180 Å². The third-order valence-corrected chi connectivity index (χ3v) is 4.89. The predicted octanol–water partition coefficient (Wildman–Crippen LogP) is 0.359. The first-order chi connectivity index (χ1) is 14.8. The summed E-state index contributed by atoms with van der Waals surface area (Å²) in [5.41, 5.74) is 5.46. The Balaban J connectivity index is 2.05. The summed E-state index contributed by atoms with van der Waals surface area (Å²) in [6, 6.07) is 7.93. The number of benzene rings is 1. The Bertz CT molecular complexity index is 1000. The van der Waals surface area contributed by atoms with Crippen LogP contribution in [0, 0.1) is 5.92 Å². The van der Waals surface area contributed by atoms with Crippen molar-refractivity contribution in [2.45, 2.75) is 6.42 Å². The third-order valence-electron chi connectivity index (χ3n) is 4.89. The number of amides is 2. The van der Waals surface area contributed by atoms with Crippen LogP contribution in [0.15, 0.2) is 54.0 Å². The first kappa shape index (κ1) is 23.7. The molecule has 1 aromatic heterocycles. The fourth-order valence-electron chi connectivity index (χ4n) is 3.19. The smallest absolute Gasteiger partial charge is 0.271 e. The molecule has 166 valence electrons. The Hall–Kier alpha value is -3.59. The minimum atomic E-state index is -0.652. The summed E-state index contributed by atoms with van der Waals surface area (Å²) in [6.45, 7) is 4.50. The number of rotatable bonds is 10. The first-order valence-electron chi connectivity index (χ1n) is 9.85. The van der Waals surface area contributed by atoms with Gasteiger partial charge in [-0.25, -0.2) is 0 Å². The Kier molecular flexibility index (Phi) is 8.39. The highest BCUT2D eigenvalue weighted by atomic mass is 16.3. The van der Waals surface area contributed by atoms with Gasteiger partial charge in [-0.2, -0.15) is 0 Å². The summed E-state index contributed by atoms with van der Waals surface area (Å²) in [5, 5.41) is 22.5. The molecule has 0 radical (unpaired) electrons. The van der Waals surface area contributed by atoms with Crippen molar-refractivity contribution in [3.63, 3.8) is 0 Å². The molecule has 1 unspecified atom stereocenters. The van der Waals surface area contributed by atoms with E-state index in [0.29, 0.717) is 5.56 Å². The fourth-order valence-corrected chi connectivity index (χ4v) is 3.19. The van der Waals surface area contributed by atoms with Gasteiger partial charge in [0.1, 0.15) is 5.75 Å². The van der Waals surface area contributed by atoms with Crippen LogP contribution < -0.4 is 16.5 Å². The highest BCUT2D eigenvalue weighted by molar-refractivity contribution is 5.95. The lowest BCUT2D eigenvalue weighted by atomic mass is 9.97. The number of nitrogens with two attached hydrogens (primary N) is 1. The van der Waals surface area contributed by atoms with Crippen LogP contribution in [0.25, 0.3) is 0 Å². The summed E-state index contributed by atoms with van der Waals surface area (Å²) in [7, 11) is 1.53. The fraction of sp³-hybridized carbons (Fsp3) is 0.318. The molecule has 1 aromatic carbocycles. The second-order valence-electron chi connectivity index (χ2n) is 7.03. The van der Waals surface area contributed by atoms with E-state index < -0.39 is 23.0 Å². The van der Waals surface area contributed by atoms with Crippen molar-refractivity contribution in [2.24, 2.45) is 18.7 Å². The molecule has 5 N–H and O–H groups in total. The second-order valence-corrected chi connectivity index (χ2v) is 7.03. The van der Waals surface area contributed by atoms with E-state index in [9.17, 15) is 24.6 Å². The van der Waals surface area contributed by atoms with Crippen molar-refractivity contribution in [1.29, 1.82) is 0 Å². The van der Waals surface area contributed by atoms with Crippen molar-refractivity contribution in [3.8, 4) is 11.5 Å². The van der Waals surface area contributed by atoms with Crippen molar-refractivity contribution in [2.75, 3.05) is 26.2 Å². The summed E-state index contributed by atoms with van der Waals surface area (Å²) in [4.78, 5) is 38.5. The minimum absolute atomic E-state index is 0.0908. The van der Waals surface area contributed by atoms with E-state index in [-0.39, 0.29) is 50.0 Å². The number of pyridine rings is 1. The molecule has 1 atom stereocenters. The molecule has 0 fully saturated rings. The number of aryl methyl sites for hydroxylation is 1. The maximum absolute atomic E-state index is 13.0. The molecule has 9 nitrogen and oxygen atoms in total. The van der Waals surface area contributed by atoms with Gasteiger partial charge in [-0.1, -0.05) is 24.3 Å². The van der Waals surface area contributed by atoms with E-state index in [1.807, 2.05) is 0 Å². The van der Waals surface area contributed by atoms with Crippen molar-refractivity contribution in [1.82, 2.24) is 14.8 Å². The second kappa shape index (κ2) is 11.0. The third kappa shape index (κ3) is 5.95. The zero-order valence-corrected chi connectivity index (χ0v) is 17.5. The van der Waals surface area contributed by atoms with E-state index in [2.05, 4.69) is 11.9 Å². The van der Waals surface area contributed by atoms with Crippen molar-refractivity contribution < 1.29 is 19.8 Å². The maximum Gasteiger partial charge on any atom is 0.271 e. The maximum atomic E-state index is 13.0. The quantitative estimate of drug-likeness (QED) is 0.403. The van der Waals surface area contributed by atoms with Crippen molar-refractivity contribution in [3.05, 3.63) is 70.7 Å². The molecule has 1 heterocycles. The monoisotopic (exact) mass is 428 g/mol. The van der Waals surface area contributed by atoms with Gasteiger partial charge in [0, 0.05) is 45.5 Å². The number of aromatic nitrogens is 1. The van der Waals surface area contributed by atoms with Crippen LogP contribution in [0.1, 0.15) is 16.1 Å². The number of carbonyl (C=O) groups excluding carboxylic acids is 2. The molecule has 0 spiro atoms. The van der Waals surface area contributed by atoms with E-state index in [1.165, 1.54) is 28.8 Å². The van der Waals surface area contributed by atoms with E-state index in [1.54, 1.807) is 24.3 Å².